The lowest BCUT2D eigenvalue weighted by molar-refractivity contribution is -0.128. The van der Waals surface area contributed by atoms with E-state index in [-0.39, 0.29) is 23.2 Å². The van der Waals surface area contributed by atoms with Gasteiger partial charge in [0.2, 0.25) is 5.91 Å². The minimum atomic E-state index is -0.641. The van der Waals surface area contributed by atoms with Gasteiger partial charge in [-0.25, -0.2) is 4.39 Å². The SMILES string of the molecule is CCNC(C)(C)C(=O)NC(c1ccc(F)cc1)C(C)(C)C. The van der Waals surface area contributed by atoms with E-state index in [1.54, 1.807) is 12.1 Å². The van der Waals surface area contributed by atoms with Crippen molar-refractivity contribution in [3.05, 3.63) is 35.6 Å². The molecule has 1 aromatic carbocycles. The fourth-order valence-corrected chi connectivity index (χ4v) is 2.29. The Morgan fingerprint density at radius 1 is 1.14 bits per heavy atom. The predicted octanol–water partition coefficient (Wildman–Crippen LogP) is 3.42. The third-order valence-corrected chi connectivity index (χ3v) is 3.53. The highest BCUT2D eigenvalue weighted by Crippen LogP contribution is 2.33. The highest BCUT2D eigenvalue weighted by atomic mass is 19.1. The molecule has 0 radical (unpaired) electrons. The minimum absolute atomic E-state index is 0.0615. The van der Waals surface area contributed by atoms with Gasteiger partial charge >= 0.3 is 0 Å². The molecule has 1 rings (SSSR count). The van der Waals surface area contributed by atoms with Crippen molar-refractivity contribution in [2.45, 2.75) is 53.1 Å². The van der Waals surface area contributed by atoms with Crippen LogP contribution in [0.2, 0.25) is 0 Å². The Labute approximate surface area is 127 Å². The van der Waals surface area contributed by atoms with Gasteiger partial charge in [0, 0.05) is 0 Å². The largest absolute Gasteiger partial charge is 0.347 e. The number of nitrogens with one attached hydrogen (secondary N) is 2. The van der Waals surface area contributed by atoms with E-state index in [0.717, 1.165) is 12.1 Å². The molecule has 1 amide bonds. The molecule has 118 valence electrons. The molecule has 0 aromatic heterocycles. The molecule has 0 spiro atoms. The zero-order valence-corrected chi connectivity index (χ0v) is 13.9. The molecule has 1 aromatic rings. The molecule has 0 aliphatic rings. The van der Waals surface area contributed by atoms with Crippen molar-refractivity contribution in [1.82, 2.24) is 10.6 Å². The van der Waals surface area contributed by atoms with E-state index in [1.807, 2.05) is 20.8 Å². The second-order valence-corrected chi connectivity index (χ2v) is 6.98. The molecule has 4 heteroatoms. The second kappa shape index (κ2) is 6.56. The summed E-state index contributed by atoms with van der Waals surface area (Å²) < 4.78 is 13.1. The van der Waals surface area contributed by atoms with Gasteiger partial charge in [0.15, 0.2) is 0 Å². The average Bonchev–Trinajstić information content (AvgIpc) is 2.35. The van der Waals surface area contributed by atoms with Crippen molar-refractivity contribution in [2.24, 2.45) is 5.41 Å². The Kier molecular flexibility index (Phi) is 5.51. The maximum atomic E-state index is 13.1. The Morgan fingerprint density at radius 2 is 1.67 bits per heavy atom. The third kappa shape index (κ3) is 4.81. The molecule has 0 aliphatic carbocycles. The first-order chi connectivity index (χ1) is 9.58. The maximum absolute atomic E-state index is 13.1. The average molecular weight is 294 g/mol. The van der Waals surface area contributed by atoms with Gasteiger partial charge in [0.05, 0.1) is 11.6 Å². The molecule has 0 saturated heterocycles. The summed E-state index contributed by atoms with van der Waals surface area (Å²) in [6.07, 6.45) is 0. The minimum Gasteiger partial charge on any atom is -0.347 e. The van der Waals surface area contributed by atoms with Crippen LogP contribution in [-0.2, 0) is 4.79 Å². The summed E-state index contributed by atoms with van der Waals surface area (Å²) in [6, 6.07) is 6.13. The van der Waals surface area contributed by atoms with Crippen molar-refractivity contribution in [1.29, 1.82) is 0 Å². The first-order valence-corrected chi connectivity index (χ1v) is 7.39. The number of carbonyl (C=O) groups is 1. The molecule has 1 atom stereocenters. The standard InChI is InChI=1S/C17H27FN2O/c1-7-19-17(5,6)15(21)20-14(16(2,3)4)12-8-10-13(18)11-9-12/h8-11,14,19H,7H2,1-6H3,(H,20,21). The lowest BCUT2D eigenvalue weighted by Gasteiger charge is -2.35. The molecular weight excluding hydrogens is 267 g/mol. The summed E-state index contributed by atoms with van der Waals surface area (Å²) in [7, 11) is 0. The molecule has 0 bridgehead atoms. The van der Waals surface area contributed by atoms with Crippen molar-refractivity contribution in [3.63, 3.8) is 0 Å². The van der Waals surface area contributed by atoms with Crippen molar-refractivity contribution in [3.8, 4) is 0 Å². The summed E-state index contributed by atoms with van der Waals surface area (Å²) in [5, 5.41) is 6.26. The van der Waals surface area contributed by atoms with Gasteiger partial charge in [0.25, 0.3) is 0 Å². The van der Waals surface area contributed by atoms with Crippen molar-refractivity contribution < 1.29 is 9.18 Å². The first-order valence-electron chi connectivity index (χ1n) is 7.39. The molecule has 21 heavy (non-hydrogen) atoms. The zero-order valence-electron chi connectivity index (χ0n) is 13.9. The van der Waals surface area contributed by atoms with Crippen molar-refractivity contribution >= 4 is 5.91 Å². The molecule has 2 N–H and O–H groups in total. The van der Waals surface area contributed by atoms with Crippen LogP contribution >= 0.6 is 0 Å². The fraction of sp³-hybridized carbons (Fsp3) is 0.588. The smallest absolute Gasteiger partial charge is 0.240 e. The van der Waals surface area contributed by atoms with Crippen LogP contribution in [0.1, 0.15) is 53.1 Å². The van der Waals surface area contributed by atoms with Gasteiger partial charge in [-0.3, -0.25) is 4.79 Å². The van der Waals surface area contributed by atoms with E-state index in [9.17, 15) is 9.18 Å². The fourth-order valence-electron chi connectivity index (χ4n) is 2.29. The maximum Gasteiger partial charge on any atom is 0.240 e. The molecule has 0 saturated carbocycles. The molecule has 1 unspecified atom stereocenters. The van der Waals surface area contributed by atoms with Crippen LogP contribution in [0.25, 0.3) is 0 Å². The topological polar surface area (TPSA) is 41.1 Å². The molecule has 0 heterocycles. The van der Waals surface area contributed by atoms with E-state index < -0.39 is 5.54 Å². The Hall–Kier alpha value is -1.42. The number of halogens is 1. The van der Waals surface area contributed by atoms with Crippen LogP contribution in [-0.4, -0.2) is 18.0 Å². The molecule has 0 fully saturated rings. The van der Waals surface area contributed by atoms with Gasteiger partial charge in [-0.05, 0) is 43.5 Å². The van der Waals surface area contributed by atoms with Gasteiger partial charge in [-0.2, -0.15) is 0 Å². The number of rotatable bonds is 5. The van der Waals surface area contributed by atoms with Crippen LogP contribution in [0.4, 0.5) is 4.39 Å². The number of hydrogen-bond donors (Lipinski definition) is 2. The van der Waals surface area contributed by atoms with Crippen LogP contribution in [0, 0.1) is 11.2 Å². The number of hydrogen-bond acceptors (Lipinski definition) is 2. The van der Waals surface area contributed by atoms with Crippen molar-refractivity contribution in [2.75, 3.05) is 6.54 Å². The number of amides is 1. The number of carbonyl (C=O) groups excluding carboxylic acids is 1. The quantitative estimate of drug-likeness (QED) is 0.873. The highest BCUT2D eigenvalue weighted by Gasteiger charge is 2.33. The number of benzene rings is 1. The Morgan fingerprint density at radius 3 is 2.10 bits per heavy atom. The van der Waals surface area contributed by atoms with E-state index in [1.165, 1.54) is 12.1 Å². The van der Waals surface area contributed by atoms with Gasteiger partial charge in [-0.15, -0.1) is 0 Å². The van der Waals surface area contributed by atoms with E-state index in [0.29, 0.717) is 0 Å². The highest BCUT2D eigenvalue weighted by molar-refractivity contribution is 5.85. The summed E-state index contributed by atoms with van der Waals surface area (Å²) >= 11 is 0. The molecule has 3 nitrogen and oxygen atoms in total. The lowest BCUT2D eigenvalue weighted by Crippen LogP contribution is -2.54. The number of likely N-dealkylation sites (N-methyl/N-ethyl adjacent to an activating group) is 1. The van der Waals surface area contributed by atoms with Crippen LogP contribution in [0.5, 0.6) is 0 Å². The summed E-state index contributed by atoms with van der Waals surface area (Å²) in [5.74, 6) is -0.334. The summed E-state index contributed by atoms with van der Waals surface area (Å²) in [4.78, 5) is 12.5. The molecule has 0 aliphatic heterocycles. The van der Waals surface area contributed by atoms with Crippen LogP contribution in [0.3, 0.4) is 0 Å². The third-order valence-electron chi connectivity index (χ3n) is 3.53. The van der Waals surface area contributed by atoms with Crippen LogP contribution < -0.4 is 10.6 Å². The molecular formula is C17H27FN2O. The van der Waals surface area contributed by atoms with Crippen LogP contribution in [0.15, 0.2) is 24.3 Å². The normalized spacial score (nSPS) is 13.9. The van der Waals surface area contributed by atoms with E-state index >= 15 is 0 Å². The summed E-state index contributed by atoms with van der Waals surface area (Å²) in [6.45, 7) is 12.6. The predicted molar refractivity (Wildman–Crippen MR) is 84.5 cm³/mol. The van der Waals surface area contributed by atoms with Gasteiger partial charge in [0.1, 0.15) is 5.82 Å². The lowest BCUT2D eigenvalue weighted by atomic mass is 9.82. The summed E-state index contributed by atoms with van der Waals surface area (Å²) in [5.41, 5.74) is 0.0955. The Bertz CT molecular complexity index is 475. The Balaban J connectivity index is 3.01. The monoisotopic (exact) mass is 294 g/mol. The van der Waals surface area contributed by atoms with Gasteiger partial charge in [-0.1, -0.05) is 39.8 Å². The van der Waals surface area contributed by atoms with E-state index in [2.05, 4.69) is 31.4 Å². The van der Waals surface area contributed by atoms with E-state index in [4.69, 9.17) is 0 Å². The second-order valence-electron chi connectivity index (χ2n) is 6.98. The van der Waals surface area contributed by atoms with Gasteiger partial charge < -0.3 is 10.6 Å². The first kappa shape index (κ1) is 17.6. The zero-order chi connectivity index (χ0) is 16.3.